The molecule has 0 saturated carbocycles. The summed E-state index contributed by atoms with van der Waals surface area (Å²) in [4.78, 5) is 13.5. The average Bonchev–Trinajstić information content (AvgIpc) is 2.90. The summed E-state index contributed by atoms with van der Waals surface area (Å²) < 4.78 is 34.2. The van der Waals surface area contributed by atoms with E-state index in [9.17, 15) is 13.2 Å². The van der Waals surface area contributed by atoms with Crippen LogP contribution in [0.4, 0.5) is 0 Å². The molecule has 10 heteroatoms. The fourth-order valence-electron chi connectivity index (χ4n) is 1.90. The first-order valence-electron chi connectivity index (χ1n) is 6.70. The van der Waals surface area contributed by atoms with Crippen LogP contribution in [0.5, 0.6) is 5.75 Å². The first kappa shape index (κ1) is 17.5. The molecule has 0 aliphatic rings. The van der Waals surface area contributed by atoms with Gasteiger partial charge in [-0.3, -0.25) is 10.2 Å². The first-order chi connectivity index (χ1) is 11.3. The Labute approximate surface area is 138 Å². The maximum atomic E-state index is 12.1. The standard InChI is InChI=1S/C14H14N4O5S/c1-9-14(10(2)23-17-9)24(20,21)18-16-13(19)8-22-12-6-4-3-5-11(12)7-15/h3-6,18H,8H2,1-2H3,(H,16,19). The van der Waals surface area contributed by atoms with Gasteiger partial charge in [0.1, 0.15) is 22.4 Å². The number of carbonyl (C=O) groups excluding carboxylic acids is 1. The topological polar surface area (TPSA) is 134 Å². The molecule has 126 valence electrons. The molecule has 0 bridgehead atoms. The van der Waals surface area contributed by atoms with Crippen molar-refractivity contribution in [3.8, 4) is 11.8 Å². The molecular formula is C14H14N4O5S. The number of amides is 1. The lowest BCUT2D eigenvalue weighted by Gasteiger charge is -2.09. The Morgan fingerprint density at radius 3 is 2.71 bits per heavy atom. The number of rotatable bonds is 6. The van der Waals surface area contributed by atoms with Gasteiger partial charge in [0.25, 0.3) is 15.9 Å². The van der Waals surface area contributed by atoms with Crippen LogP contribution in [0.1, 0.15) is 17.0 Å². The predicted molar refractivity (Wildman–Crippen MR) is 81.1 cm³/mol. The smallest absolute Gasteiger partial charge is 0.272 e. The molecule has 0 radical (unpaired) electrons. The average molecular weight is 350 g/mol. The molecule has 1 heterocycles. The van der Waals surface area contributed by atoms with E-state index in [4.69, 9.17) is 14.5 Å². The zero-order valence-corrected chi connectivity index (χ0v) is 13.7. The van der Waals surface area contributed by atoms with Crippen LogP contribution in [-0.2, 0) is 14.8 Å². The van der Waals surface area contributed by atoms with E-state index in [2.05, 4.69) is 5.16 Å². The van der Waals surface area contributed by atoms with Gasteiger partial charge in [0.15, 0.2) is 12.4 Å². The van der Waals surface area contributed by atoms with E-state index in [1.165, 1.54) is 26.0 Å². The Morgan fingerprint density at radius 2 is 2.08 bits per heavy atom. The number of nitriles is 1. The second-order valence-electron chi connectivity index (χ2n) is 4.70. The van der Waals surface area contributed by atoms with Crippen molar-refractivity contribution in [1.82, 2.24) is 15.4 Å². The van der Waals surface area contributed by atoms with Crippen LogP contribution in [0.2, 0.25) is 0 Å². The van der Waals surface area contributed by atoms with E-state index in [1.54, 1.807) is 12.1 Å². The predicted octanol–water partition coefficient (Wildman–Crippen LogP) is 0.552. The number of carbonyl (C=O) groups is 1. The molecule has 1 aromatic heterocycles. The highest BCUT2D eigenvalue weighted by molar-refractivity contribution is 7.89. The minimum atomic E-state index is -4.02. The molecule has 0 spiro atoms. The summed E-state index contributed by atoms with van der Waals surface area (Å²) >= 11 is 0. The molecule has 0 unspecified atom stereocenters. The fraction of sp³-hybridized carbons (Fsp3) is 0.214. The Hall–Kier alpha value is -2.90. The van der Waals surface area contributed by atoms with Gasteiger partial charge in [-0.2, -0.15) is 5.26 Å². The summed E-state index contributed by atoms with van der Waals surface area (Å²) in [6.07, 6.45) is 0. The number of nitrogens with one attached hydrogen (secondary N) is 2. The van der Waals surface area contributed by atoms with Crippen LogP contribution in [0.25, 0.3) is 0 Å². The molecule has 0 fully saturated rings. The van der Waals surface area contributed by atoms with Crippen LogP contribution in [0.15, 0.2) is 33.7 Å². The van der Waals surface area contributed by atoms with Gasteiger partial charge in [0, 0.05) is 0 Å². The number of nitrogens with zero attached hydrogens (tertiary/aromatic N) is 2. The number of hydrogen-bond acceptors (Lipinski definition) is 7. The lowest BCUT2D eigenvalue weighted by molar-refractivity contribution is -0.123. The van der Waals surface area contributed by atoms with Crippen LogP contribution in [0.3, 0.4) is 0 Å². The molecule has 0 aliphatic heterocycles. The highest BCUT2D eigenvalue weighted by atomic mass is 32.2. The Balaban J connectivity index is 1.95. The van der Waals surface area contributed by atoms with Gasteiger partial charge >= 0.3 is 0 Å². The van der Waals surface area contributed by atoms with E-state index < -0.39 is 22.5 Å². The van der Waals surface area contributed by atoms with Crippen LogP contribution in [-0.4, -0.2) is 26.1 Å². The van der Waals surface area contributed by atoms with Crippen molar-refractivity contribution in [2.75, 3.05) is 6.61 Å². The van der Waals surface area contributed by atoms with Crippen molar-refractivity contribution in [1.29, 1.82) is 5.26 Å². The zero-order chi connectivity index (χ0) is 17.7. The van der Waals surface area contributed by atoms with Crippen molar-refractivity contribution >= 4 is 15.9 Å². The highest BCUT2D eigenvalue weighted by Gasteiger charge is 2.24. The summed E-state index contributed by atoms with van der Waals surface area (Å²) in [6.45, 7) is 2.44. The van der Waals surface area contributed by atoms with E-state index in [-0.39, 0.29) is 27.7 Å². The van der Waals surface area contributed by atoms with Crippen LogP contribution >= 0.6 is 0 Å². The minimum absolute atomic E-state index is 0.105. The van der Waals surface area contributed by atoms with Crippen molar-refractivity contribution < 1.29 is 22.5 Å². The monoisotopic (exact) mass is 350 g/mol. The number of aromatic nitrogens is 1. The van der Waals surface area contributed by atoms with E-state index >= 15 is 0 Å². The van der Waals surface area contributed by atoms with Gasteiger partial charge in [0.2, 0.25) is 0 Å². The molecule has 9 nitrogen and oxygen atoms in total. The molecular weight excluding hydrogens is 336 g/mol. The van der Waals surface area contributed by atoms with Crippen molar-refractivity contribution in [2.45, 2.75) is 18.7 Å². The third kappa shape index (κ3) is 3.89. The van der Waals surface area contributed by atoms with Crippen molar-refractivity contribution in [2.24, 2.45) is 0 Å². The second-order valence-corrected chi connectivity index (χ2v) is 6.32. The van der Waals surface area contributed by atoms with Gasteiger partial charge in [-0.25, -0.2) is 8.42 Å². The number of hydrazine groups is 1. The largest absolute Gasteiger partial charge is 0.482 e. The van der Waals surface area contributed by atoms with E-state index in [1.807, 2.05) is 16.3 Å². The molecule has 0 atom stereocenters. The highest BCUT2D eigenvalue weighted by Crippen LogP contribution is 2.18. The quantitative estimate of drug-likeness (QED) is 0.726. The molecule has 1 amide bonds. The molecule has 2 rings (SSSR count). The lowest BCUT2D eigenvalue weighted by Crippen LogP contribution is -2.44. The normalized spacial score (nSPS) is 10.9. The molecule has 0 saturated heterocycles. The Kier molecular flexibility index (Phi) is 5.18. The van der Waals surface area contributed by atoms with Crippen molar-refractivity contribution in [3.05, 3.63) is 41.3 Å². The summed E-state index contributed by atoms with van der Waals surface area (Å²) in [7, 11) is -4.02. The SMILES string of the molecule is Cc1noc(C)c1S(=O)(=O)NNC(=O)COc1ccccc1C#N. The fourth-order valence-corrected chi connectivity index (χ4v) is 3.09. The summed E-state index contributed by atoms with van der Waals surface area (Å²) in [5.41, 5.74) is 2.46. The van der Waals surface area contributed by atoms with E-state index in [0.717, 1.165) is 0 Å². The summed E-state index contributed by atoms with van der Waals surface area (Å²) in [5.74, 6) is -0.407. The lowest BCUT2D eigenvalue weighted by atomic mass is 10.2. The van der Waals surface area contributed by atoms with Gasteiger partial charge in [-0.15, -0.1) is 4.83 Å². The maximum Gasteiger partial charge on any atom is 0.272 e. The zero-order valence-electron chi connectivity index (χ0n) is 12.9. The molecule has 1 aromatic carbocycles. The van der Waals surface area contributed by atoms with Gasteiger partial charge in [-0.1, -0.05) is 17.3 Å². The number of hydrogen-bond donors (Lipinski definition) is 2. The maximum absolute atomic E-state index is 12.1. The minimum Gasteiger partial charge on any atom is -0.482 e. The first-order valence-corrected chi connectivity index (χ1v) is 8.19. The third-order valence-electron chi connectivity index (χ3n) is 2.93. The van der Waals surface area contributed by atoms with Gasteiger partial charge < -0.3 is 9.26 Å². The summed E-state index contributed by atoms with van der Waals surface area (Å²) in [6, 6.07) is 8.29. The summed E-state index contributed by atoms with van der Waals surface area (Å²) in [5, 5.41) is 12.5. The third-order valence-corrected chi connectivity index (χ3v) is 4.42. The molecule has 2 N–H and O–H groups in total. The van der Waals surface area contributed by atoms with Gasteiger partial charge in [-0.05, 0) is 26.0 Å². The second kappa shape index (κ2) is 7.12. The van der Waals surface area contributed by atoms with Gasteiger partial charge in [0.05, 0.1) is 5.56 Å². The number of ether oxygens (including phenoxy) is 1. The number of para-hydroxylation sites is 1. The van der Waals surface area contributed by atoms with Crippen LogP contribution < -0.4 is 15.0 Å². The number of sulfonamides is 1. The number of aryl methyl sites for hydroxylation is 2. The van der Waals surface area contributed by atoms with Crippen molar-refractivity contribution in [3.63, 3.8) is 0 Å². The molecule has 24 heavy (non-hydrogen) atoms. The van der Waals surface area contributed by atoms with Crippen LogP contribution in [0, 0.1) is 25.2 Å². The molecule has 0 aliphatic carbocycles. The molecule has 2 aromatic rings. The Morgan fingerprint density at radius 1 is 1.38 bits per heavy atom. The Bertz CT molecular complexity index is 879. The van der Waals surface area contributed by atoms with E-state index in [0.29, 0.717) is 0 Å². The number of benzene rings is 1.